The van der Waals surface area contributed by atoms with E-state index in [1.54, 1.807) is 6.07 Å². The fraction of sp³-hybridized carbons (Fsp3) is 0.0909. The van der Waals surface area contributed by atoms with E-state index in [1.807, 2.05) is 18.2 Å². The number of aromatic amines is 1. The number of nitrogen functional groups attached to an aromatic ring is 1. The Bertz CT molecular complexity index is 521. The first-order valence-corrected chi connectivity index (χ1v) is 5.11. The molecule has 16 heavy (non-hydrogen) atoms. The zero-order valence-electron chi connectivity index (χ0n) is 8.40. The van der Waals surface area contributed by atoms with E-state index in [-0.39, 0.29) is 18.0 Å². The molecule has 0 aliphatic carbocycles. The van der Waals surface area contributed by atoms with Gasteiger partial charge in [-0.2, -0.15) is 5.10 Å². The van der Waals surface area contributed by atoms with Crippen LogP contribution in [0.15, 0.2) is 30.5 Å². The number of aromatic nitrogens is 2. The Morgan fingerprint density at radius 2 is 2.19 bits per heavy atom. The van der Waals surface area contributed by atoms with E-state index in [1.165, 1.54) is 6.20 Å². The SMILES string of the molecule is Nc1[nH]ncc1C(=O)Cc1ccccc1Cl. The Balaban J connectivity index is 2.21. The smallest absolute Gasteiger partial charge is 0.172 e. The molecule has 82 valence electrons. The number of anilines is 1. The van der Waals surface area contributed by atoms with Gasteiger partial charge in [-0.05, 0) is 11.6 Å². The zero-order valence-corrected chi connectivity index (χ0v) is 9.16. The van der Waals surface area contributed by atoms with Crippen LogP contribution in [-0.2, 0) is 6.42 Å². The molecule has 0 unspecified atom stereocenters. The Morgan fingerprint density at radius 3 is 2.81 bits per heavy atom. The summed E-state index contributed by atoms with van der Waals surface area (Å²) in [5.41, 5.74) is 6.75. The van der Waals surface area contributed by atoms with Gasteiger partial charge in [0.15, 0.2) is 5.78 Å². The van der Waals surface area contributed by atoms with Crippen molar-refractivity contribution < 1.29 is 4.79 Å². The highest BCUT2D eigenvalue weighted by atomic mass is 35.5. The fourth-order valence-corrected chi connectivity index (χ4v) is 1.63. The maximum atomic E-state index is 11.8. The van der Waals surface area contributed by atoms with Crippen molar-refractivity contribution in [1.29, 1.82) is 0 Å². The Kier molecular flexibility index (Phi) is 2.92. The van der Waals surface area contributed by atoms with Gasteiger partial charge in [0, 0.05) is 11.4 Å². The molecule has 0 atom stereocenters. The van der Waals surface area contributed by atoms with Crippen LogP contribution in [0.25, 0.3) is 0 Å². The van der Waals surface area contributed by atoms with Crippen LogP contribution in [0.5, 0.6) is 0 Å². The van der Waals surface area contributed by atoms with Crippen LogP contribution in [0.1, 0.15) is 15.9 Å². The number of carbonyl (C=O) groups excluding carboxylic acids is 1. The Hall–Kier alpha value is -1.81. The highest BCUT2D eigenvalue weighted by molar-refractivity contribution is 6.31. The van der Waals surface area contributed by atoms with E-state index < -0.39 is 0 Å². The van der Waals surface area contributed by atoms with Crippen molar-refractivity contribution in [1.82, 2.24) is 10.2 Å². The molecule has 5 heteroatoms. The summed E-state index contributed by atoms with van der Waals surface area (Å²) in [5, 5.41) is 6.81. The quantitative estimate of drug-likeness (QED) is 0.800. The number of halogens is 1. The molecule has 1 aromatic heterocycles. The third kappa shape index (κ3) is 2.06. The minimum atomic E-state index is -0.0978. The zero-order chi connectivity index (χ0) is 11.5. The third-order valence-electron chi connectivity index (χ3n) is 2.28. The van der Waals surface area contributed by atoms with Crippen LogP contribution < -0.4 is 5.73 Å². The minimum Gasteiger partial charge on any atom is -0.383 e. The number of benzene rings is 1. The molecule has 3 N–H and O–H groups in total. The van der Waals surface area contributed by atoms with E-state index >= 15 is 0 Å². The van der Waals surface area contributed by atoms with Crippen molar-refractivity contribution in [3.8, 4) is 0 Å². The van der Waals surface area contributed by atoms with Gasteiger partial charge < -0.3 is 5.73 Å². The predicted octanol–water partition coefficient (Wildman–Crippen LogP) is 2.07. The Morgan fingerprint density at radius 1 is 1.44 bits per heavy atom. The number of nitrogens with two attached hydrogens (primary N) is 1. The normalized spacial score (nSPS) is 10.3. The molecule has 2 rings (SSSR count). The van der Waals surface area contributed by atoms with Gasteiger partial charge in [0.05, 0.1) is 11.8 Å². The van der Waals surface area contributed by atoms with Gasteiger partial charge in [-0.3, -0.25) is 9.89 Å². The Labute approximate surface area is 97.4 Å². The summed E-state index contributed by atoms with van der Waals surface area (Å²) in [5.74, 6) is 0.191. The second-order valence-corrected chi connectivity index (χ2v) is 3.80. The van der Waals surface area contributed by atoms with Crippen molar-refractivity contribution in [2.45, 2.75) is 6.42 Å². The largest absolute Gasteiger partial charge is 0.383 e. The molecule has 0 aliphatic rings. The number of Topliss-reactive ketones (excluding diaryl/α,β-unsaturated/α-hetero) is 1. The molecule has 0 saturated carbocycles. The van der Waals surface area contributed by atoms with Crippen LogP contribution in [0, 0.1) is 0 Å². The molecule has 0 spiro atoms. The molecule has 1 aromatic carbocycles. The standard InChI is InChI=1S/C11H10ClN3O/c12-9-4-2-1-3-7(9)5-10(16)8-6-14-15-11(8)13/h1-4,6H,5H2,(H3,13,14,15). The number of nitrogens with zero attached hydrogens (tertiary/aromatic N) is 1. The molecular weight excluding hydrogens is 226 g/mol. The monoisotopic (exact) mass is 235 g/mol. The fourth-order valence-electron chi connectivity index (χ4n) is 1.43. The number of rotatable bonds is 3. The van der Waals surface area contributed by atoms with Gasteiger partial charge in [0.1, 0.15) is 5.82 Å². The van der Waals surface area contributed by atoms with Gasteiger partial charge in [-0.1, -0.05) is 29.8 Å². The van der Waals surface area contributed by atoms with Crippen molar-refractivity contribution in [3.63, 3.8) is 0 Å². The lowest BCUT2D eigenvalue weighted by Gasteiger charge is -2.02. The van der Waals surface area contributed by atoms with Crippen LogP contribution in [0.3, 0.4) is 0 Å². The molecule has 2 aromatic rings. The van der Waals surface area contributed by atoms with Crippen molar-refractivity contribution in [2.24, 2.45) is 0 Å². The number of hydrogen-bond donors (Lipinski definition) is 2. The molecular formula is C11H10ClN3O. The number of H-pyrrole nitrogens is 1. The second-order valence-electron chi connectivity index (χ2n) is 3.39. The van der Waals surface area contributed by atoms with Gasteiger partial charge in [0.2, 0.25) is 0 Å². The predicted molar refractivity (Wildman–Crippen MR) is 62.5 cm³/mol. The summed E-state index contributed by atoms with van der Waals surface area (Å²) in [4.78, 5) is 11.8. The molecule has 0 amide bonds. The number of hydrogen-bond acceptors (Lipinski definition) is 3. The molecule has 0 bridgehead atoms. The van der Waals surface area contributed by atoms with E-state index in [4.69, 9.17) is 17.3 Å². The highest BCUT2D eigenvalue weighted by Crippen LogP contribution is 2.18. The summed E-state index contributed by atoms with van der Waals surface area (Å²) >= 11 is 5.96. The first kappa shape index (κ1) is 10.7. The van der Waals surface area contributed by atoms with E-state index in [9.17, 15) is 4.79 Å². The minimum absolute atomic E-state index is 0.0978. The van der Waals surface area contributed by atoms with Gasteiger partial charge in [-0.25, -0.2) is 0 Å². The molecule has 4 nitrogen and oxygen atoms in total. The number of carbonyl (C=O) groups is 1. The second kappa shape index (κ2) is 4.37. The lowest BCUT2D eigenvalue weighted by atomic mass is 10.1. The average Bonchev–Trinajstić information content (AvgIpc) is 2.68. The summed E-state index contributed by atoms with van der Waals surface area (Å²) in [6.45, 7) is 0. The maximum Gasteiger partial charge on any atom is 0.172 e. The van der Waals surface area contributed by atoms with Crippen molar-refractivity contribution >= 4 is 23.2 Å². The number of nitrogens with one attached hydrogen (secondary N) is 1. The number of ketones is 1. The third-order valence-corrected chi connectivity index (χ3v) is 2.65. The molecule has 0 radical (unpaired) electrons. The van der Waals surface area contributed by atoms with Crippen LogP contribution in [-0.4, -0.2) is 16.0 Å². The van der Waals surface area contributed by atoms with Crippen LogP contribution in [0.2, 0.25) is 5.02 Å². The molecule has 0 saturated heterocycles. The van der Waals surface area contributed by atoms with Crippen molar-refractivity contribution in [2.75, 3.05) is 5.73 Å². The van der Waals surface area contributed by atoms with E-state index in [0.29, 0.717) is 10.6 Å². The summed E-state index contributed by atoms with van der Waals surface area (Å²) in [7, 11) is 0. The topological polar surface area (TPSA) is 71.8 Å². The first-order valence-electron chi connectivity index (χ1n) is 4.74. The molecule has 0 fully saturated rings. The van der Waals surface area contributed by atoms with Crippen LogP contribution in [0.4, 0.5) is 5.82 Å². The first-order chi connectivity index (χ1) is 7.68. The van der Waals surface area contributed by atoms with E-state index in [2.05, 4.69) is 10.2 Å². The average molecular weight is 236 g/mol. The van der Waals surface area contributed by atoms with E-state index in [0.717, 1.165) is 5.56 Å². The lowest BCUT2D eigenvalue weighted by Crippen LogP contribution is -2.05. The summed E-state index contributed by atoms with van der Waals surface area (Å²) in [6, 6.07) is 7.23. The van der Waals surface area contributed by atoms with Crippen molar-refractivity contribution in [3.05, 3.63) is 46.6 Å². The molecule has 1 heterocycles. The van der Waals surface area contributed by atoms with Gasteiger partial charge >= 0.3 is 0 Å². The maximum absolute atomic E-state index is 11.8. The summed E-state index contributed by atoms with van der Waals surface area (Å²) < 4.78 is 0. The van der Waals surface area contributed by atoms with Gasteiger partial charge in [0.25, 0.3) is 0 Å². The molecule has 0 aliphatic heterocycles. The van der Waals surface area contributed by atoms with Gasteiger partial charge in [-0.15, -0.1) is 0 Å². The van der Waals surface area contributed by atoms with Crippen LogP contribution >= 0.6 is 11.6 Å². The highest BCUT2D eigenvalue weighted by Gasteiger charge is 2.13. The summed E-state index contributed by atoms with van der Waals surface area (Å²) in [6.07, 6.45) is 1.65. The lowest BCUT2D eigenvalue weighted by molar-refractivity contribution is 0.0994.